The number of hydrogen-bond donors (Lipinski definition) is 1. The summed E-state index contributed by atoms with van der Waals surface area (Å²) in [6, 6.07) is 22.3. The van der Waals surface area contributed by atoms with Crippen LogP contribution in [0.15, 0.2) is 89.3 Å². The van der Waals surface area contributed by atoms with Crippen molar-refractivity contribution in [3.05, 3.63) is 108 Å². The van der Waals surface area contributed by atoms with E-state index in [4.69, 9.17) is 4.42 Å². The number of carbonyl (C=O) groups is 1. The van der Waals surface area contributed by atoms with Gasteiger partial charge in [-0.25, -0.2) is 17.2 Å². The molecule has 0 unspecified atom stereocenters. The van der Waals surface area contributed by atoms with Crippen LogP contribution in [0.1, 0.15) is 15.9 Å². The summed E-state index contributed by atoms with van der Waals surface area (Å²) >= 11 is 0. The highest BCUT2D eigenvalue weighted by atomic mass is 32.2. The lowest BCUT2D eigenvalue weighted by Crippen LogP contribution is -2.31. The molecule has 5 rings (SSSR count). The maximum Gasteiger partial charge on any atom is 0.255 e. The van der Waals surface area contributed by atoms with Crippen LogP contribution in [-0.4, -0.2) is 20.6 Å². The van der Waals surface area contributed by atoms with E-state index in [2.05, 4.69) is 5.32 Å². The molecule has 0 saturated carbocycles. The lowest BCUT2D eigenvalue weighted by atomic mass is 10.1. The highest BCUT2D eigenvalue weighted by molar-refractivity contribution is 7.92. The van der Waals surface area contributed by atoms with Gasteiger partial charge in [0.1, 0.15) is 16.9 Å². The van der Waals surface area contributed by atoms with Gasteiger partial charge < -0.3 is 9.73 Å². The third-order valence-electron chi connectivity index (χ3n) is 5.77. The summed E-state index contributed by atoms with van der Waals surface area (Å²) in [6.07, 6.45) is 0.875. The molecule has 1 amide bonds. The summed E-state index contributed by atoms with van der Waals surface area (Å²) in [7, 11) is -3.99. The van der Waals surface area contributed by atoms with Crippen molar-refractivity contribution in [1.29, 1.82) is 0 Å². The fourth-order valence-corrected chi connectivity index (χ4v) is 4.91. The van der Waals surface area contributed by atoms with Crippen LogP contribution in [0, 0.1) is 11.6 Å². The number of carbonyl (C=O) groups excluding carboxylic acids is 1. The van der Waals surface area contributed by atoms with E-state index >= 15 is 0 Å². The lowest BCUT2D eigenvalue weighted by Gasteiger charge is -2.23. The molecule has 0 radical (unpaired) electrons. The van der Waals surface area contributed by atoms with Crippen LogP contribution in [0.25, 0.3) is 21.9 Å². The number of nitrogens with zero attached hydrogens (tertiary/aromatic N) is 1. The van der Waals surface area contributed by atoms with Crippen molar-refractivity contribution in [2.45, 2.75) is 6.54 Å². The number of para-hydroxylation sites is 2. The predicted octanol–water partition coefficient (Wildman–Crippen LogP) is 6.08. The van der Waals surface area contributed by atoms with E-state index < -0.39 is 27.3 Å². The van der Waals surface area contributed by atoms with Gasteiger partial charge >= 0.3 is 0 Å². The van der Waals surface area contributed by atoms with E-state index in [9.17, 15) is 22.0 Å². The van der Waals surface area contributed by atoms with Crippen molar-refractivity contribution in [3.8, 4) is 0 Å². The highest BCUT2D eigenvalue weighted by Crippen LogP contribution is 2.31. The molecule has 6 nitrogen and oxygen atoms in total. The maximum absolute atomic E-state index is 14.3. The molecule has 9 heteroatoms. The largest absolute Gasteiger partial charge is 0.456 e. The smallest absolute Gasteiger partial charge is 0.255 e. The first-order valence-corrected chi connectivity index (χ1v) is 12.8. The van der Waals surface area contributed by atoms with Gasteiger partial charge in [-0.15, -0.1) is 0 Å². The van der Waals surface area contributed by atoms with Crippen molar-refractivity contribution in [1.82, 2.24) is 0 Å². The second-order valence-corrected chi connectivity index (χ2v) is 10.2. The number of nitrogens with one attached hydrogen (secondary N) is 1. The average Bonchev–Trinajstić information content (AvgIpc) is 3.21. The molecule has 0 aliphatic heterocycles. The average molecular weight is 507 g/mol. The molecule has 0 bridgehead atoms. The Bertz CT molecular complexity index is 1690. The number of fused-ring (bicyclic) bond motifs is 3. The number of sulfonamides is 1. The minimum Gasteiger partial charge on any atom is -0.456 e. The van der Waals surface area contributed by atoms with Gasteiger partial charge in [-0.2, -0.15) is 0 Å². The van der Waals surface area contributed by atoms with Gasteiger partial charge in [0.25, 0.3) is 5.91 Å². The minimum absolute atomic E-state index is 0.304. The first-order valence-electron chi connectivity index (χ1n) is 10.9. The van der Waals surface area contributed by atoms with Gasteiger partial charge in [0.15, 0.2) is 11.6 Å². The number of anilines is 2. The maximum atomic E-state index is 14.3. The third-order valence-corrected chi connectivity index (χ3v) is 6.88. The Labute approximate surface area is 205 Å². The van der Waals surface area contributed by atoms with Crippen LogP contribution in [0.3, 0.4) is 0 Å². The van der Waals surface area contributed by atoms with Crippen molar-refractivity contribution in [2.24, 2.45) is 0 Å². The van der Waals surface area contributed by atoms with Gasteiger partial charge in [0, 0.05) is 28.1 Å². The molecule has 0 atom stereocenters. The second-order valence-electron chi connectivity index (χ2n) is 8.30. The fourth-order valence-electron chi connectivity index (χ4n) is 4.02. The van der Waals surface area contributed by atoms with E-state index in [1.807, 2.05) is 30.3 Å². The van der Waals surface area contributed by atoms with Crippen LogP contribution in [0.4, 0.5) is 20.2 Å². The van der Waals surface area contributed by atoms with Crippen molar-refractivity contribution in [3.63, 3.8) is 0 Å². The molecule has 36 heavy (non-hydrogen) atoms. The molecule has 182 valence electrons. The molecule has 0 fully saturated rings. The van der Waals surface area contributed by atoms with Crippen molar-refractivity contribution < 1.29 is 26.4 Å². The first-order chi connectivity index (χ1) is 17.2. The minimum atomic E-state index is -3.99. The molecule has 0 aliphatic rings. The summed E-state index contributed by atoms with van der Waals surface area (Å²) in [4.78, 5) is 12.8. The van der Waals surface area contributed by atoms with Crippen molar-refractivity contribution in [2.75, 3.05) is 15.9 Å². The third kappa shape index (κ3) is 4.52. The van der Waals surface area contributed by atoms with E-state index in [1.165, 1.54) is 24.3 Å². The van der Waals surface area contributed by atoms with Crippen LogP contribution in [0.2, 0.25) is 0 Å². The van der Waals surface area contributed by atoms with Gasteiger partial charge in [0.05, 0.1) is 12.8 Å². The van der Waals surface area contributed by atoms with Crippen LogP contribution < -0.4 is 9.62 Å². The van der Waals surface area contributed by atoms with Crippen LogP contribution in [0.5, 0.6) is 0 Å². The molecule has 1 N–H and O–H groups in total. The molecule has 5 aromatic rings. The van der Waals surface area contributed by atoms with Gasteiger partial charge in [-0.05, 0) is 48.0 Å². The number of halogens is 2. The van der Waals surface area contributed by atoms with Gasteiger partial charge in [-0.1, -0.05) is 36.4 Å². The summed E-state index contributed by atoms with van der Waals surface area (Å²) in [5.41, 5.74) is 2.07. The molecular weight excluding hydrogens is 486 g/mol. The standard InChI is InChI=1S/C27H20F2N2O4S/c1-36(33,34)31(26-22(28)6-4-7-23(26)29)16-17-9-11-18(12-10-17)27(32)30-19-13-14-21-20-5-2-3-8-24(20)35-25(21)15-19/h2-15H,16H2,1H3,(H,30,32). The lowest BCUT2D eigenvalue weighted by molar-refractivity contribution is 0.102. The quantitative estimate of drug-likeness (QED) is 0.303. The van der Waals surface area contributed by atoms with Gasteiger partial charge in [-0.3, -0.25) is 9.10 Å². The Hall–Kier alpha value is -4.24. The normalized spacial score (nSPS) is 11.6. The fraction of sp³-hybridized carbons (Fsp3) is 0.0741. The van der Waals surface area contributed by atoms with E-state index in [1.54, 1.807) is 12.1 Å². The number of amides is 1. The number of benzene rings is 4. The summed E-state index contributed by atoms with van der Waals surface area (Å²) in [6.45, 7) is -0.304. The number of furan rings is 1. The van der Waals surface area contributed by atoms with Crippen LogP contribution in [-0.2, 0) is 16.6 Å². The Morgan fingerprint density at radius 1 is 0.861 bits per heavy atom. The Morgan fingerprint density at radius 2 is 1.53 bits per heavy atom. The Morgan fingerprint density at radius 3 is 2.22 bits per heavy atom. The van der Waals surface area contributed by atoms with E-state index in [0.29, 0.717) is 26.7 Å². The molecule has 0 saturated heterocycles. The second kappa shape index (κ2) is 9.09. The number of hydrogen-bond acceptors (Lipinski definition) is 4. The summed E-state index contributed by atoms with van der Waals surface area (Å²) in [5, 5.41) is 4.74. The van der Waals surface area contributed by atoms with E-state index in [0.717, 1.165) is 40.8 Å². The monoisotopic (exact) mass is 506 g/mol. The highest BCUT2D eigenvalue weighted by Gasteiger charge is 2.24. The van der Waals surface area contributed by atoms with Crippen molar-refractivity contribution >= 4 is 49.2 Å². The molecule has 1 heterocycles. The number of rotatable bonds is 6. The zero-order valence-electron chi connectivity index (χ0n) is 19.0. The Balaban J connectivity index is 1.35. The summed E-state index contributed by atoms with van der Waals surface area (Å²) in [5.74, 6) is -2.35. The zero-order chi connectivity index (χ0) is 25.4. The molecular formula is C27H20F2N2O4S. The summed E-state index contributed by atoms with van der Waals surface area (Å²) < 4.78 is 59.6. The first kappa shape index (κ1) is 23.5. The molecule has 0 spiro atoms. The molecule has 1 aromatic heterocycles. The SMILES string of the molecule is CS(=O)(=O)N(Cc1ccc(C(=O)Nc2ccc3c(c2)oc2ccccc23)cc1)c1c(F)cccc1F. The van der Waals surface area contributed by atoms with Crippen LogP contribution >= 0.6 is 0 Å². The molecule has 0 aliphatic carbocycles. The predicted molar refractivity (Wildman–Crippen MR) is 135 cm³/mol. The molecule has 4 aromatic carbocycles. The van der Waals surface area contributed by atoms with Gasteiger partial charge in [0.2, 0.25) is 10.0 Å². The zero-order valence-corrected chi connectivity index (χ0v) is 19.9. The van der Waals surface area contributed by atoms with E-state index in [-0.39, 0.29) is 12.5 Å². The topological polar surface area (TPSA) is 79.6 Å². The Kier molecular flexibility index (Phi) is 5.93.